The predicted molar refractivity (Wildman–Crippen MR) is 128 cm³/mol. The smallest absolute Gasteiger partial charge is 0.193 e. The van der Waals surface area contributed by atoms with E-state index < -0.39 is 0 Å². The molecule has 0 bridgehead atoms. The van der Waals surface area contributed by atoms with Crippen molar-refractivity contribution in [2.45, 2.75) is 63.2 Å². The molecule has 1 aromatic carbocycles. The Morgan fingerprint density at radius 3 is 2.65 bits per heavy atom. The van der Waals surface area contributed by atoms with Gasteiger partial charge in [-0.15, -0.1) is 10.2 Å². The highest BCUT2D eigenvalue weighted by Gasteiger charge is 2.23. The summed E-state index contributed by atoms with van der Waals surface area (Å²) >= 11 is 1.70. The molecule has 1 aliphatic rings. The molecule has 8 heteroatoms. The number of ether oxygens (including phenoxy) is 1. The standard InChI is InChI=1S/C23H36N6OS/c1-5-30-20-14-12-18(13-15-20)17-28(3)22(24-2)25-16-8-11-21-26-27-23(31-4)29(21)19-9-6-7-10-19/h12-15,19H,5-11,16-17H2,1-4H3,(H,24,25). The second-order valence-electron chi connectivity index (χ2n) is 7.92. The summed E-state index contributed by atoms with van der Waals surface area (Å²) < 4.78 is 7.92. The highest BCUT2D eigenvalue weighted by atomic mass is 32.2. The summed E-state index contributed by atoms with van der Waals surface area (Å²) in [5.74, 6) is 2.93. The summed E-state index contributed by atoms with van der Waals surface area (Å²) in [7, 11) is 3.89. The molecule has 1 saturated carbocycles. The molecule has 7 nitrogen and oxygen atoms in total. The molecule has 1 aromatic heterocycles. The maximum absolute atomic E-state index is 5.52. The molecule has 0 radical (unpaired) electrons. The van der Waals surface area contributed by atoms with Crippen LogP contribution in [0.4, 0.5) is 0 Å². The highest BCUT2D eigenvalue weighted by molar-refractivity contribution is 7.98. The van der Waals surface area contributed by atoms with Gasteiger partial charge in [-0.2, -0.15) is 0 Å². The number of aromatic nitrogens is 3. The van der Waals surface area contributed by atoms with Crippen molar-refractivity contribution in [1.82, 2.24) is 25.0 Å². The number of rotatable bonds is 10. The lowest BCUT2D eigenvalue weighted by Crippen LogP contribution is -2.39. The van der Waals surface area contributed by atoms with Gasteiger partial charge < -0.3 is 19.5 Å². The molecule has 2 aromatic rings. The number of thioether (sulfide) groups is 1. The van der Waals surface area contributed by atoms with Gasteiger partial charge in [0.15, 0.2) is 11.1 Å². The van der Waals surface area contributed by atoms with Crippen molar-refractivity contribution < 1.29 is 4.74 Å². The summed E-state index contributed by atoms with van der Waals surface area (Å²) in [6.07, 6.45) is 9.14. The minimum absolute atomic E-state index is 0.577. The van der Waals surface area contributed by atoms with E-state index in [2.05, 4.69) is 55.4 Å². The van der Waals surface area contributed by atoms with E-state index in [1.165, 1.54) is 31.2 Å². The van der Waals surface area contributed by atoms with Gasteiger partial charge in [-0.05, 0) is 50.1 Å². The lowest BCUT2D eigenvalue weighted by molar-refractivity contribution is 0.340. The molecule has 170 valence electrons. The van der Waals surface area contributed by atoms with Crippen LogP contribution in [0.2, 0.25) is 0 Å². The zero-order valence-corrected chi connectivity index (χ0v) is 20.1. The Morgan fingerprint density at radius 1 is 1.26 bits per heavy atom. The minimum atomic E-state index is 0.577. The van der Waals surface area contributed by atoms with Crippen LogP contribution in [-0.4, -0.2) is 59.1 Å². The molecule has 0 aliphatic heterocycles. The first-order valence-corrected chi connectivity index (χ1v) is 12.5. The third-order valence-electron chi connectivity index (χ3n) is 5.70. The number of hydrogen-bond donors (Lipinski definition) is 1. The van der Waals surface area contributed by atoms with Crippen molar-refractivity contribution in [3.8, 4) is 5.75 Å². The monoisotopic (exact) mass is 444 g/mol. The molecule has 0 atom stereocenters. The zero-order valence-electron chi connectivity index (χ0n) is 19.3. The van der Waals surface area contributed by atoms with Crippen molar-refractivity contribution in [2.24, 2.45) is 4.99 Å². The van der Waals surface area contributed by atoms with Crippen LogP contribution in [0.5, 0.6) is 5.75 Å². The van der Waals surface area contributed by atoms with Crippen molar-refractivity contribution in [2.75, 3.05) is 33.5 Å². The van der Waals surface area contributed by atoms with E-state index in [0.717, 1.165) is 48.6 Å². The number of guanidine groups is 1. The van der Waals surface area contributed by atoms with Crippen LogP contribution in [0.15, 0.2) is 34.4 Å². The van der Waals surface area contributed by atoms with Crippen LogP contribution in [0.3, 0.4) is 0 Å². The Hall–Kier alpha value is -2.22. The summed E-state index contributed by atoms with van der Waals surface area (Å²) in [6.45, 7) is 4.33. The number of nitrogens with one attached hydrogen (secondary N) is 1. The van der Waals surface area contributed by atoms with Crippen LogP contribution < -0.4 is 10.1 Å². The number of nitrogens with zero attached hydrogens (tertiary/aromatic N) is 5. The van der Waals surface area contributed by atoms with Gasteiger partial charge >= 0.3 is 0 Å². The number of benzene rings is 1. The van der Waals surface area contributed by atoms with Crippen molar-refractivity contribution in [1.29, 1.82) is 0 Å². The minimum Gasteiger partial charge on any atom is -0.494 e. The number of hydrogen-bond acceptors (Lipinski definition) is 5. The lowest BCUT2D eigenvalue weighted by atomic mass is 10.2. The average molecular weight is 445 g/mol. The Balaban J connectivity index is 1.48. The van der Waals surface area contributed by atoms with E-state index in [0.29, 0.717) is 12.6 Å². The summed E-state index contributed by atoms with van der Waals surface area (Å²) in [5.41, 5.74) is 1.23. The largest absolute Gasteiger partial charge is 0.494 e. The molecule has 3 rings (SSSR count). The van der Waals surface area contributed by atoms with Crippen molar-refractivity contribution >= 4 is 17.7 Å². The molecule has 31 heavy (non-hydrogen) atoms. The quantitative estimate of drug-likeness (QED) is 0.257. The van der Waals surface area contributed by atoms with Gasteiger partial charge in [-0.3, -0.25) is 4.99 Å². The predicted octanol–water partition coefficient (Wildman–Crippen LogP) is 4.15. The van der Waals surface area contributed by atoms with Crippen LogP contribution in [0.25, 0.3) is 0 Å². The van der Waals surface area contributed by atoms with Crippen LogP contribution >= 0.6 is 11.8 Å². The Morgan fingerprint density at radius 2 is 2.00 bits per heavy atom. The van der Waals surface area contributed by atoms with E-state index in [9.17, 15) is 0 Å². The van der Waals surface area contributed by atoms with E-state index in [1.807, 2.05) is 26.1 Å². The molecule has 1 heterocycles. The highest BCUT2D eigenvalue weighted by Crippen LogP contribution is 2.33. The fourth-order valence-corrected chi connectivity index (χ4v) is 4.76. The molecule has 1 aliphatic carbocycles. The van der Waals surface area contributed by atoms with Gasteiger partial charge in [0.25, 0.3) is 0 Å². The van der Waals surface area contributed by atoms with Gasteiger partial charge in [-0.1, -0.05) is 36.7 Å². The molecule has 0 spiro atoms. The summed E-state index contributed by atoms with van der Waals surface area (Å²) in [4.78, 5) is 6.59. The molecular formula is C23H36N6OS. The first-order valence-electron chi connectivity index (χ1n) is 11.3. The molecule has 1 N–H and O–H groups in total. The maximum Gasteiger partial charge on any atom is 0.193 e. The second kappa shape index (κ2) is 12.0. The number of aryl methyl sites for hydroxylation is 1. The molecule has 0 saturated heterocycles. The number of aliphatic imine (C=N–C) groups is 1. The topological polar surface area (TPSA) is 67.6 Å². The van der Waals surface area contributed by atoms with Gasteiger partial charge in [0.05, 0.1) is 6.61 Å². The molecule has 0 amide bonds. The summed E-state index contributed by atoms with van der Waals surface area (Å²) in [5, 5.41) is 13.5. The van der Waals surface area contributed by atoms with Gasteiger partial charge in [-0.25, -0.2) is 0 Å². The van der Waals surface area contributed by atoms with Crippen molar-refractivity contribution in [3.63, 3.8) is 0 Å². The Labute approximate surface area is 190 Å². The SMILES string of the molecule is CCOc1ccc(CN(C)C(=NC)NCCCc2nnc(SC)n2C2CCCC2)cc1. The van der Waals surface area contributed by atoms with E-state index in [1.54, 1.807) is 11.8 Å². The van der Waals surface area contributed by atoms with Crippen LogP contribution in [0, 0.1) is 0 Å². The second-order valence-corrected chi connectivity index (χ2v) is 8.70. The third-order valence-corrected chi connectivity index (χ3v) is 6.34. The van der Waals surface area contributed by atoms with E-state index >= 15 is 0 Å². The van der Waals surface area contributed by atoms with Crippen molar-refractivity contribution in [3.05, 3.63) is 35.7 Å². The lowest BCUT2D eigenvalue weighted by Gasteiger charge is -2.22. The Kier molecular flexibility index (Phi) is 9.06. The fraction of sp³-hybridized carbons (Fsp3) is 0.609. The zero-order chi connectivity index (χ0) is 22.1. The Bertz CT molecular complexity index is 829. The first kappa shape index (κ1) is 23.4. The molecular weight excluding hydrogens is 408 g/mol. The average Bonchev–Trinajstić information content (AvgIpc) is 3.44. The normalized spacial score (nSPS) is 14.8. The fourth-order valence-electron chi connectivity index (χ4n) is 4.18. The van der Waals surface area contributed by atoms with E-state index in [4.69, 9.17) is 4.74 Å². The third kappa shape index (κ3) is 6.38. The summed E-state index contributed by atoms with van der Waals surface area (Å²) in [6, 6.07) is 8.83. The van der Waals surface area contributed by atoms with Gasteiger partial charge in [0.2, 0.25) is 0 Å². The van der Waals surface area contributed by atoms with E-state index in [-0.39, 0.29) is 0 Å². The van der Waals surface area contributed by atoms with Crippen LogP contribution in [0.1, 0.15) is 56.5 Å². The molecule has 1 fully saturated rings. The van der Waals surface area contributed by atoms with Gasteiger partial charge in [0.1, 0.15) is 11.6 Å². The maximum atomic E-state index is 5.52. The van der Waals surface area contributed by atoms with Gasteiger partial charge in [0, 0.05) is 39.6 Å². The van der Waals surface area contributed by atoms with Crippen LogP contribution in [-0.2, 0) is 13.0 Å². The first-order chi connectivity index (χ1) is 15.2. The molecule has 0 unspecified atom stereocenters.